The van der Waals surface area contributed by atoms with Crippen LogP contribution in [0.5, 0.6) is 5.75 Å². The molecule has 3 heterocycles. The fourth-order valence-electron chi connectivity index (χ4n) is 4.15. The summed E-state index contributed by atoms with van der Waals surface area (Å²) in [5, 5.41) is 3.65. The van der Waals surface area contributed by atoms with Crippen LogP contribution < -0.4 is 10.1 Å². The van der Waals surface area contributed by atoms with Gasteiger partial charge in [0.2, 0.25) is 0 Å². The van der Waals surface area contributed by atoms with Crippen LogP contribution in [0.3, 0.4) is 0 Å². The number of hydrogen-bond donors (Lipinski definition) is 1. The van der Waals surface area contributed by atoms with Gasteiger partial charge in [-0.1, -0.05) is 42.5 Å². The van der Waals surface area contributed by atoms with Crippen LogP contribution in [-0.4, -0.2) is 53.7 Å². The Hall–Kier alpha value is -3.95. The summed E-state index contributed by atoms with van der Waals surface area (Å²) in [6.07, 6.45) is 0. The molecule has 1 aliphatic heterocycles. The number of nitrogens with one attached hydrogen (secondary N) is 1. The van der Waals surface area contributed by atoms with Gasteiger partial charge < -0.3 is 14.8 Å². The number of carbonyl (C=O) groups excluding carboxylic acids is 1. The van der Waals surface area contributed by atoms with Crippen molar-refractivity contribution in [3.8, 4) is 16.9 Å². The average molecular weight is 491 g/mol. The first kappa shape index (κ1) is 23.8. The SMILES string of the molecule is O=C(Nc1cccc(CN2CCOCC2)n1)c1ccc2cccc(-c3cccc(OC(F)F)c3)c2n1. The second-order valence-electron chi connectivity index (χ2n) is 8.34. The molecule has 7 nitrogen and oxygen atoms in total. The van der Waals surface area contributed by atoms with Gasteiger partial charge in [0.25, 0.3) is 5.91 Å². The van der Waals surface area contributed by atoms with Crippen molar-refractivity contribution in [2.45, 2.75) is 13.2 Å². The smallest absolute Gasteiger partial charge is 0.387 e. The Kier molecular flexibility index (Phi) is 7.11. The van der Waals surface area contributed by atoms with Gasteiger partial charge in [-0.25, -0.2) is 9.97 Å². The molecule has 2 aromatic carbocycles. The standard InChI is InChI=1S/C27H24F2N4O3/c28-27(29)36-21-7-1-5-19(16-21)22-8-2-4-18-10-11-23(31-25(18)22)26(34)32-24-9-3-6-20(30-24)17-33-12-14-35-15-13-33/h1-11,16,27H,12-15,17H2,(H,30,32,34). The highest BCUT2D eigenvalue weighted by atomic mass is 19.3. The molecule has 0 spiro atoms. The monoisotopic (exact) mass is 490 g/mol. The van der Waals surface area contributed by atoms with Gasteiger partial charge >= 0.3 is 6.61 Å². The fraction of sp³-hybridized carbons (Fsp3) is 0.222. The third kappa shape index (κ3) is 5.64. The zero-order chi connectivity index (χ0) is 24.9. The van der Waals surface area contributed by atoms with Crippen LogP contribution in [0, 0.1) is 0 Å². The Bertz CT molecular complexity index is 1380. The number of carbonyl (C=O) groups is 1. The van der Waals surface area contributed by atoms with Gasteiger partial charge in [-0.05, 0) is 35.9 Å². The quantitative estimate of drug-likeness (QED) is 0.394. The predicted octanol–water partition coefficient (Wildman–Crippen LogP) is 4.98. The van der Waals surface area contributed by atoms with E-state index in [9.17, 15) is 13.6 Å². The topological polar surface area (TPSA) is 76.6 Å². The van der Waals surface area contributed by atoms with Crippen LogP contribution in [0.15, 0.2) is 72.8 Å². The van der Waals surface area contributed by atoms with Gasteiger partial charge in [0, 0.05) is 30.6 Å². The Morgan fingerprint density at radius 3 is 2.64 bits per heavy atom. The Morgan fingerprint density at radius 1 is 1.00 bits per heavy atom. The highest BCUT2D eigenvalue weighted by Gasteiger charge is 2.15. The number of fused-ring (bicyclic) bond motifs is 1. The molecule has 0 saturated carbocycles. The van der Waals surface area contributed by atoms with E-state index in [0.29, 0.717) is 42.2 Å². The third-order valence-corrected chi connectivity index (χ3v) is 5.86. The van der Waals surface area contributed by atoms with Crippen molar-refractivity contribution < 1.29 is 23.0 Å². The number of rotatable bonds is 7. The maximum atomic E-state index is 13.0. The summed E-state index contributed by atoms with van der Waals surface area (Å²) in [5.74, 6) is 0.103. The Morgan fingerprint density at radius 2 is 1.81 bits per heavy atom. The van der Waals surface area contributed by atoms with E-state index in [2.05, 4.69) is 24.9 Å². The maximum absolute atomic E-state index is 13.0. The average Bonchev–Trinajstić information content (AvgIpc) is 2.88. The Labute approximate surface area is 206 Å². The Balaban J connectivity index is 1.38. The minimum atomic E-state index is -2.91. The summed E-state index contributed by atoms with van der Waals surface area (Å²) in [5.41, 5.74) is 3.01. The van der Waals surface area contributed by atoms with Gasteiger partial charge in [-0.3, -0.25) is 9.69 Å². The number of morpholine rings is 1. The minimum absolute atomic E-state index is 0.0523. The molecule has 184 valence electrons. The lowest BCUT2D eigenvalue weighted by Gasteiger charge is -2.26. The summed E-state index contributed by atoms with van der Waals surface area (Å²) in [7, 11) is 0. The van der Waals surface area contributed by atoms with E-state index < -0.39 is 12.5 Å². The lowest BCUT2D eigenvalue weighted by atomic mass is 10.0. The number of amides is 1. The van der Waals surface area contributed by atoms with E-state index in [0.717, 1.165) is 24.2 Å². The predicted molar refractivity (Wildman–Crippen MR) is 132 cm³/mol. The molecule has 1 aliphatic rings. The molecule has 1 saturated heterocycles. The van der Waals surface area contributed by atoms with E-state index in [4.69, 9.17) is 4.74 Å². The van der Waals surface area contributed by atoms with E-state index in [1.165, 1.54) is 12.1 Å². The second kappa shape index (κ2) is 10.8. The van der Waals surface area contributed by atoms with Gasteiger partial charge in [-0.15, -0.1) is 0 Å². The van der Waals surface area contributed by atoms with Crippen LogP contribution in [0.4, 0.5) is 14.6 Å². The number of anilines is 1. The van der Waals surface area contributed by atoms with Crippen molar-refractivity contribution in [2.24, 2.45) is 0 Å². The summed E-state index contributed by atoms with van der Waals surface area (Å²) < 4.78 is 35.3. The van der Waals surface area contributed by atoms with Crippen LogP contribution in [-0.2, 0) is 11.3 Å². The molecule has 2 aromatic heterocycles. The van der Waals surface area contributed by atoms with Gasteiger partial charge in [0.15, 0.2) is 0 Å². The zero-order valence-corrected chi connectivity index (χ0v) is 19.4. The minimum Gasteiger partial charge on any atom is -0.435 e. The van der Waals surface area contributed by atoms with E-state index >= 15 is 0 Å². The molecule has 0 unspecified atom stereocenters. The normalized spacial score (nSPS) is 14.2. The maximum Gasteiger partial charge on any atom is 0.387 e. The largest absolute Gasteiger partial charge is 0.435 e. The van der Waals surface area contributed by atoms with Crippen molar-refractivity contribution >= 4 is 22.6 Å². The summed E-state index contributed by atoms with van der Waals surface area (Å²) >= 11 is 0. The number of ether oxygens (including phenoxy) is 2. The van der Waals surface area contributed by atoms with Crippen LogP contribution >= 0.6 is 0 Å². The number of pyridine rings is 2. The van der Waals surface area contributed by atoms with Crippen molar-refractivity contribution in [2.75, 3.05) is 31.6 Å². The number of halogens is 2. The molecule has 36 heavy (non-hydrogen) atoms. The number of nitrogens with zero attached hydrogens (tertiary/aromatic N) is 3. The van der Waals surface area contributed by atoms with Crippen LogP contribution in [0.2, 0.25) is 0 Å². The number of benzene rings is 2. The molecule has 1 N–H and O–H groups in total. The van der Waals surface area contributed by atoms with Gasteiger partial charge in [0.05, 0.1) is 24.4 Å². The van der Waals surface area contributed by atoms with Crippen molar-refractivity contribution in [3.05, 3.63) is 84.2 Å². The molecule has 1 fully saturated rings. The summed E-state index contributed by atoms with van der Waals surface area (Å²) in [6, 6.07) is 21.0. The molecule has 5 rings (SSSR count). The first-order valence-electron chi connectivity index (χ1n) is 11.6. The number of alkyl halides is 2. The van der Waals surface area contributed by atoms with Crippen LogP contribution in [0.25, 0.3) is 22.0 Å². The molecule has 9 heteroatoms. The summed E-state index contributed by atoms with van der Waals surface area (Å²) in [6.45, 7) is 0.865. The molecule has 4 aromatic rings. The molecular weight excluding hydrogens is 466 g/mol. The third-order valence-electron chi connectivity index (χ3n) is 5.86. The van der Waals surface area contributed by atoms with Crippen molar-refractivity contribution in [3.63, 3.8) is 0 Å². The molecule has 0 aliphatic carbocycles. The number of aromatic nitrogens is 2. The molecule has 0 bridgehead atoms. The van der Waals surface area contributed by atoms with E-state index in [-0.39, 0.29) is 11.4 Å². The second-order valence-corrected chi connectivity index (χ2v) is 8.34. The molecular formula is C27H24F2N4O3. The van der Waals surface area contributed by atoms with Crippen molar-refractivity contribution in [1.82, 2.24) is 14.9 Å². The summed E-state index contributed by atoms with van der Waals surface area (Å²) in [4.78, 5) is 24.5. The van der Waals surface area contributed by atoms with E-state index in [1.54, 1.807) is 24.3 Å². The number of para-hydroxylation sites is 1. The van der Waals surface area contributed by atoms with Crippen molar-refractivity contribution in [1.29, 1.82) is 0 Å². The van der Waals surface area contributed by atoms with Crippen LogP contribution in [0.1, 0.15) is 16.2 Å². The molecule has 0 radical (unpaired) electrons. The van der Waals surface area contributed by atoms with Gasteiger partial charge in [0.1, 0.15) is 17.3 Å². The van der Waals surface area contributed by atoms with E-state index in [1.807, 2.05) is 36.4 Å². The first-order chi connectivity index (χ1) is 17.5. The fourth-order valence-corrected chi connectivity index (χ4v) is 4.15. The molecule has 0 atom stereocenters. The molecule has 1 amide bonds. The lowest BCUT2D eigenvalue weighted by Crippen LogP contribution is -2.35. The lowest BCUT2D eigenvalue weighted by molar-refractivity contribution is -0.0498. The number of hydrogen-bond acceptors (Lipinski definition) is 6. The van der Waals surface area contributed by atoms with Gasteiger partial charge in [-0.2, -0.15) is 8.78 Å². The first-order valence-corrected chi connectivity index (χ1v) is 11.6. The highest BCUT2D eigenvalue weighted by Crippen LogP contribution is 2.30. The highest BCUT2D eigenvalue weighted by molar-refractivity contribution is 6.04. The zero-order valence-electron chi connectivity index (χ0n) is 19.4.